The lowest BCUT2D eigenvalue weighted by molar-refractivity contribution is 0.281. The predicted octanol–water partition coefficient (Wildman–Crippen LogP) is 2.44. The Morgan fingerprint density at radius 3 is 2.19 bits per heavy atom. The highest BCUT2D eigenvalue weighted by molar-refractivity contribution is 5.85. The Hall–Kier alpha value is -0.640. The zero-order chi connectivity index (χ0) is 10.4. The summed E-state index contributed by atoms with van der Waals surface area (Å²) in [5, 5.41) is 0. The van der Waals surface area contributed by atoms with Crippen molar-refractivity contribution in [2.75, 3.05) is 33.0 Å². The van der Waals surface area contributed by atoms with E-state index in [0.717, 1.165) is 31.0 Å². The number of rotatable bonds is 5. The van der Waals surface area contributed by atoms with Crippen LogP contribution in [-0.4, -0.2) is 32.1 Å². The molecule has 16 heavy (non-hydrogen) atoms. The number of hydrogen-bond acceptors (Lipinski definition) is 3. The summed E-state index contributed by atoms with van der Waals surface area (Å²) >= 11 is 0. The van der Waals surface area contributed by atoms with Crippen LogP contribution in [0.15, 0.2) is 24.3 Å². The first-order valence-corrected chi connectivity index (χ1v) is 4.81. The van der Waals surface area contributed by atoms with Crippen LogP contribution in [-0.2, 0) is 0 Å². The number of nitrogen functional groups attached to an aromatic ring is 1. The molecule has 1 aromatic carbocycles. The second kappa shape index (κ2) is 9.58. The molecule has 0 saturated carbocycles. The van der Waals surface area contributed by atoms with Crippen molar-refractivity contribution in [3.63, 3.8) is 0 Å². The van der Waals surface area contributed by atoms with E-state index in [1.165, 1.54) is 0 Å². The Morgan fingerprint density at radius 1 is 1.12 bits per heavy atom. The van der Waals surface area contributed by atoms with Gasteiger partial charge in [-0.15, -0.1) is 24.8 Å². The van der Waals surface area contributed by atoms with Crippen LogP contribution in [0.1, 0.15) is 6.42 Å². The molecule has 0 aromatic heterocycles. The molecule has 0 fully saturated rings. The molecule has 5 heteroatoms. The van der Waals surface area contributed by atoms with Crippen LogP contribution in [0.3, 0.4) is 0 Å². The third-order valence-electron chi connectivity index (χ3n) is 1.90. The first-order chi connectivity index (χ1) is 6.68. The highest BCUT2D eigenvalue weighted by Crippen LogP contribution is 2.12. The predicted molar refractivity (Wildman–Crippen MR) is 74.0 cm³/mol. The van der Waals surface area contributed by atoms with E-state index in [-0.39, 0.29) is 24.8 Å². The number of ether oxygens (including phenoxy) is 1. The van der Waals surface area contributed by atoms with Gasteiger partial charge in [-0.2, -0.15) is 0 Å². The van der Waals surface area contributed by atoms with Gasteiger partial charge in [-0.25, -0.2) is 0 Å². The average molecular weight is 267 g/mol. The Labute approximate surface area is 110 Å². The number of anilines is 1. The molecule has 3 nitrogen and oxygen atoms in total. The van der Waals surface area contributed by atoms with Gasteiger partial charge in [0.1, 0.15) is 5.75 Å². The van der Waals surface area contributed by atoms with Crippen molar-refractivity contribution < 1.29 is 4.74 Å². The van der Waals surface area contributed by atoms with Gasteiger partial charge in [0.2, 0.25) is 0 Å². The molecule has 1 rings (SSSR count). The number of halogens is 2. The Kier molecular flexibility index (Phi) is 10.6. The van der Waals surface area contributed by atoms with Gasteiger partial charge in [0.15, 0.2) is 0 Å². The quantitative estimate of drug-likeness (QED) is 0.657. The summed E-state index contributed by atoms with van der Waals surface area (Å²) in [7, 11) is 4.12. The molecule has 0 spiro atoms. The Balaban J connectivity index is 0. The standard InChI is InChI=1S/C11H18N2O.2ClH/c1-13(2)8-3-9-14-11-6-4-10(12)5-7-11;;/h4-7H,3,8-9,12H2,1-2H3;2*1H. The summed E-state index contributed by atoms with van der Waals surface area (Å²) < 4.78 is 5.53. The fourth-order valence-electron chi connectivity index (χ4n) is 1.13. The van der Waals surface area contributed by atoms with Crippen LogP contribution in [0.2, 0.25) is 0 Å². The normalized spacial score (nSPS) is 9.19. The van der Waals surface area contributed by atoms with Crippen molar-refractivity contribution in [3.05, 3.63) is 24.3 Å². The highest BCUT2D eigenvalue weighted by Gasteiger charge is 1.94. The van der Waals surface area contributed by atoms with E-state index in [1.54, 1.807) is 0 Å². The SMILES string of the molecule is CN(C)CCCOc1ccc(N)cc1.Cl.Cl. The Morgan fingerprint density at radius 2 is 1.69 bits per heavy atom. The van der Waals surface area contributed by atoms with Gasteiger partial charge in [-0.1, -0.05) is 0 Å². The highest BCUT2D eigenvalue weighted by atomic mass is 35.5. The number of nitrogens with zero attached hydrogens (tertiary/aromatic N) is 1. The fourth-order valence-corrected chi connectivity index (χ4v) is 1.13. The van der Waals surface area contributed by atoms with E-state index < -0.39 is 0 Å². The third kappa shape index (κ3) is 7.63. The van der Waals surface area contributed by atoms with E-state index in [0.29, 0.717) is 0 Å². The van der Waals surface area contributed by atoms with E-state index in [4.69, 9.17) is 10.5 Å². The van der Waals surface area contributed by atoms with Crippen molar-refractivity contribution in [1.82, 2.24) is 4.90 Å². The number of benzene rings is 1. The Bertz CT molecular complexity index is 265. The van der Waals surface area contributed by atoms with E-state index in [1.807, 2.05) is 24.3 Å². The van der Waals surface area contributed by atoms with Crippen molar-refractivity contribution in [1.29, 1.82) is 0 Å². The van der Waals surface area contributed by atoms with Gasteiger partial charge >= 0.3 is 0 Å². The van der Waals surface area contributed by atoms with E-state index in [2.05, 4.69) is 19.0 Å². The lowest BCUT2D eigenvalue weighted by Crippen LogP contribution is -2.15. The maximum Gasteiger partial charge on any atom is 0.119 e. The topological polar surface area (TPSA) is 38.5 Å². The molecule has 0 aliphatic carbocycles. The second-order valence-electron chi connectivity index (χ2n) is 3.57. The van der Waals surface area contributed by atoms with Gasteiger partial charge in [0.05, 0.1) is 6.61 Å². The molecule has 0 atom stereocenters. The van der Waals surface area contributed by atoms with E-state index in [9.17, 15) is 0 Å². The molecular weight excluding hydrogens is 247 g/mol. The summed E-state index contributed by atoms with van der Waals surface area (Å²) in [6, 6.07) is 7.48. The molecule has 0 unspecified atom stereocenters. The first-order valence-electron chi connectivity index (χ1n) is 4.81. The molecule has 0 saturated heterocycles. The zero-order valence-electron chi connectivity index (χ0n) is 9.68. The molecule has 0 heterocycles. The summed E-state index contributed by atoms with van der Waals surface area (Å²) in [6.07, 6.45) is 1.04. The van der Waals surface area contributed by atoms with Crippen LogP contribution >= 0.6 is 24.8 Å². The second-order valence-corrected chi connectivity index (χ2v) is 3.57. The third-order valence-corrected chi connectivity index (χ3v) is 1.90. The average Bonchev–Trinajstić information content (AvgIpc) is 2.15. The minimum absolute atomic E-state index is 0. The molecule has 0 aliphatic rings. The van der Waals surface area contributed by atoms with E-state index >= 15 is 0 Å². The van der Waals surface area contributed by atoms with Gasteiger partial charge in [-0.05, 0) is 44.8 Å². The maximum absolute atomic E-state index is 5.56. The fraction of sp³-hybridized carbons (Fsp3) is 0.455. The van der Waals surface area contributed by atoms with Gasteiger partial charge < -0.3 is 15.4 Å². The van der Waals surface area contributed by atoms with Gasteiger partial charge in [-0.3, -0.25) is 0 Å². The molecule has 0 amide bonds. The number of hydrogen-bond donors (Lipinski definition) is 1. The summed E-state index contributed by atoms with van der Waals surface area (Å²) in [5.74, 6) is 0.887. The molecule has 2 N–H and O–H groups in total. The van der Waals surface area contributed by atoms with Crippen molar-refractivity contribution in [2.24, 2.45) is 0 Å². The summed E-state index contributed by atoms with van der Waals surface area (Å²) in [6.45, 7) is 1.80. The molecule has 94 valence electrons. The van der Waals surface area contributed by atoms with Crippen molar-refractivity contribution >= 4 is 30.5 Å². The first kappa shape index (κ1) is 17.7. The molecular formula is C11H20Cl2N2O. The lowest BCUT2D eigenvalue weighted by Gasteiger charge is -2.10. The van der Waals surface area contributed by atoms with Crippen LogP contribution in [0.25, 0.3) is 0 Å². The lowest BCUT2D eigenvalue weighted by atomic mass is 10.3. The van der Waals surface area contributed by atoms with Crippen LogP contribution in [0, 0.1) is 0 Å². The summed E-state index contributed by atoms with van der Waals surface area (Å²) in [4.78, 5) is 2.15. The van der Waals surface area contributed by atoms with Crippen molar-refractivity contribution in [2.45, 2.75) is 6.42 Å². The minimum atomic E-state index is 0. The molecule has 0 radical (unpaired) electrons. The van der Waals surface area contributed by atoms with Crippen LogP contribution in [0.5, 0.6) is 5.75 Å². The largest absolute Gasteiger partial charge is 0.494 e. The van der Waals surface area contributed by atoms with Crippen molar-refractivity contribution in [3.8, 4) is 5.75 Å². The molecule has 0 bridgehead atoms. The minimum Gasteiger partial charge on any atom is -0.494 e. The number of nitrogens with two attached hydrogens (primary N) is 1. The van der Waals surface area contributed by atoms with Gasteiger partial charge in [0, 0.05) is 12.2 Å². The van der Waals surface area contributed by atoms with Crippen LogP contribution < -0.4 is 10.5 Å². The zero-order valence-corrected chi connectivity index (χ0v) is 11.3. The maximum atomic E-state index is 5.56. The molecule has 0 aliphatic heterocycles. The van der Waals surface area contributed by atoms with Crippen LogP contribution in [0.4, 0.5) is 5.69 Å². The summed E-state index contributed by atoms with van der Waals surface area (Å²) in [5.41, 5.74) is 6.33. The smallest absolute Gasteiger partial charge is 0.119 e. The molecule has 1 aromatic rings. The monoisotopic (exact) mass is 266 g/mol. The van der Waals surface area contributed by atoms with Gasteiger partial charge in [0.25, 0.3) is 0 Å².